The summed E-state index contributed by atoms with van der Waals surface area (Å²) in [4.78, 5) is 12.4. The van der Waals surface area contributed by atoms with E-state index in [-0.39, 0.29) is 22.3 Å². The number of hydrogen-bond donors (Lipinski definition) is 1. The van der Waals surface area contributed by atoms with Crippen LogP contribution in [-0.2, 0) is 14.6 Å². The predicted octanol–water partition coefficient (Wildman–Crippen LogP) is 5.19. The topological polar surface area (TPSA) is 83.9 Å². The van der Waals surface area contributed by atoms with Crippen molar-refractivity contribution in [3.63, 3.8) is 0 Å². The lowest BCUT2D eigenvalue weighted by Crippen LogP contribution is -2.46. The highest BCUT2D eigenvalue weighted by molar-refractivity contribution is 7.92. The summed E-state index contributed by atoms with van der Waals surface area (Å²) in [5.74, 6) is -0.0313. The molecule has 1 aromatic carbocycles. The second-order valence-electron chi connectivity index (χ2n) is 8.34. The second kappa shape index (κ2) is 10.1. The summed E-state index contributed by atoms with van der Waals surface area (Å²) < 4.78 is 31.4. The maximum absolute atomic E-state index is 13.1. The van der Waals surface area contributed by atoms with Crippen molar-refractivity contribution >= 4 is 15.9 Å². The van der Waals surface area contributed by atoms with Crippen LogP contribution in [0.4, 0.5) is 4.79 Å². The largest absolute Gasteiger partial charge is 0.442 e. The fourth-order valence-electron chi connectivity index (χ4n) is 2.67. The molecular formula is C21H33NO5S. The van der Waals surface area contributed by atoms with Crippen LogP contribution in [0.15, 0.2) is 46.9 Å². The molecule has 1 N–H and O–H groups in total. The number of carbonyl (C=O) groups is 1. The summed E-state index contributed by atoms with van der Waals surface area (Å²) in [6.45, 7) is 10.9. The van der Waals surface area contributed by atoms with Crippen LogP contribution in [0.2, 0.25) is 0 Å². The van der Waals surface area contributed by atoms with Gasteiger partial charge in [-0.15, -0.1) is 0 Å². The Morgan fingerprint density at radius 2 is 1.79 bits per heavy atom. The van der Waals surface area contributed by atoms with E-state index in [9.17, 15) is 18.4 Å². The smallest absolute Gasteiger partial charge is 0.435 e. The van der Waals surface area contributed by atoms with Gasteiger partial charge in [0.15, 0.2) is 5.37 Å². The highest BCUT2D eigenvalue weighted by Crippen LogP contribution is 2.27. The van der Waals surface area contributed by atoms with Crippen molar-refractivity contribution in [1.29, 1.82) is 0 Å². The first-order valence-corrected chi connectivity index (χ1v) is 11.0. The number of nitrogens with zero attached hydrogens (tertiary/aromatic N) is 1. The van der Waals surface area contributed by atoms with Crippen LogP contribution in [0, 0.1) is 5.92 Å². The van der Waals surface area contributed by atoms with Crippen LogP contribution in [0.5, 0.6) is 0 Å². The van der Waals surface area contributed by atoms with E-state index in [0.717, 1.165) is 12.8 Å². The highest BCUT2D eigenvalue weighted by atomic mass is 32.2. The van der Waals surface area contributed by atoms with Gasteiger partial charge in [-0.1, -0.05) is 36.8 Å². The average Bonchev–Trinajstić information content (AvgIpc) is 2.58. The first-order chi connectivity index (χ1) is 12.8. The first kappa shape index (κ1) is 24.2. The van der Waals surface area contributed by atoms with Crippen molar-refractivity contribution in [2.75, 3.05) is 0 Å². The Hall–Kier alpha value is -1.86. The van der Waals surface area contributed by atoms with Crippen molar-refractivity contribution in [2.45, 2.75) is 76.7 Å². The molecule has 0 bridgehead atoms. The summed E-state index contributed by atoms with van der Waals surface area (Å²) in [5, 5.41) is 9.27. The Kier molecular flexibility index (Phi) is 8.70. The molecule has 1 unspecified atom stereocenters. The van der Waals surface area contributed by atoms with Gasteiger partial charge < -0.3 is 4.74 Å². The molecule has 0 fully saturated rings. The Morgan fingerprint density at radius 1 is 1.21 bits per heavy atom. The third kappa shape index (κ3) is 7.64. The SMILES string of the molecule is CC(C)=CCC[C@H](C)CC(N(O)C(=O)OC(C)(C)C)S(=O)(=O)c1ccccc1. The number of sulfone groups is 1. The van der Waals surface area contributed by atoms with Gasteiger partial charge in [-0.25, -0.2) is 13.2 Å². The lowest BCUT2D eigenvalue weighted by molar-refractivity contribution is -0.106. The molecule has 2 atom stereocenters. The van der Waals surface area contributed by atoms with Gasteiger partial charge in [0.05, 0.1) is 4.90 Å². The van der Waals surface area contributed by atoms with Crippen LogP contribution >= 0.6 is 0 Å². The molecule has 0 aromatic heterocycles. The molecule has 0 saturated carbocycles. The maximum atomic E-state index is 13.1. The van der Waals surface area contributed by atoms with Crippen molar-refractivity contribution in [3.05, 3.63) is 42.0 Å². The van der Waals surface area contributed by atoms with E-state index in [4.69, 9.17) is 4.74 Å². The molecule has 0 heterocycles. The summed E-state index contributed by atoms with van der Waals surface area (Å²) in [7, 11) is -3.98. The molecule has 158 valence electrons. The second-order valence-corrected chi connectivity index (χ2v) is 10.4. The van der Waals surface area contributed by atoms with Gasteiger partial charge in [-0.05, 0) is 71.9 Å². The zero-order chi connectivity index (χ0) is 21.5. The van der Waals surface area contributed by atoms with Gasteiger partial charge in [0, 0.05) is 0 Å². The third-order valence-electron chi connectivity index (χ3n) is 4.10. The van der Waals surface area contributed by atoms with Gasteiger partial charge in [-0.3, -0.25) is 5.21 Å². The average molecular weight is 412 g/mol. The Morgan fingerprint density at radius 3 is 2.29 bits per heavy atom. The van der Waals surface area contributed by atoms with Crippen LogP contribution in [0.1, 0.15) is 60.8 Å². The van der Waals surface area contributed by atoms with E-state index in [0.29, 0.717) is 0 Å². The van der Waals surface area contributed by atoms with E-state index >= 15 is 0 Å². The summed E-state index contributed by atoms with van der Waals surface area (Å²) in [5.41, 5.74) is 0.340. The molecule has 1 amide bonds. The number of hydrogen-bond acceptors (Lipinski definition) is 5. The monoisotopic (exact) mass is 411 g/mol. The standard InChI is InChI=1S/C21H33NO5S/c1-16(2)11-10-12-17(3)15-19(22(24)20(23)27-21(4,5)6)28(25,26)18-13-8-7-9-14-18/h7-9,11,13-14,17,19,24H,10,12,15H2,1-6H3/t17-,19?/m0/s1. The summed E-state index contributed by atoms with van der Waals surface area (Å²) in [6.07, 6.45) is 2.66. The molecule has 0 aliphatic heterocycles. The van der Waals surface area contributed by atoms with Crippen molar-refractivity contribution in [2.24, 2.45) is 5.92 Å². The molecule has 7 heteroatoms. The van der Waals surface area contributed by atoms with Crippen molar-refractivity contribution in [3.8, 4) is 0 Å². The number of amides is 1. The van der Waals surface area contributed by atoms with E-state index in [2.05, 4.69) is 6.08 Å². The van der Waals surface area contributed by atoms with Crippen LogP contribution in [0.3, 0.4) is 0 Å². The van der Waals surface area contributed by atoms with Gasteiger partial charge in [0.2, 0.25) is 9.84 Å². The van der Waals surface area contributed by atoms with Crippen LogP contribution in [-0.4, -0.2) is 35.8 Å². The predicted molar refractivity (Wildman–Crippen MR) is 110 cm³/mol. The molecule has 6 nitrogen and oxygen atoms in total. The molecule has 0 saturated heterocycles. The number of hydroxylamine groups is 2. The van der Waals surface area contributed by atoms with E-state index in [1.807, 2.05) is 20.8 Å². The highest BCUT2D eigenvalue weighted by Gasteiger charge is 2.38. The molecule has 0 aliphatic carbocycles. The van der Waals surface area contributed by atoms with Crippen LogP contribution < -0.4 is 0 Å². The minimum absolute atomic E-state index is 0.0313. The first-order valence-electron chi connectivity index (χ1n) is 9.48. The maximum Gasteiger partial charge on any atom is 0.435 e. The van der Waals surface area contributed by atoms with Crippen molar-refractivity contribution in [1.82, 2.24) is 5.06 Å². The molecule has 0 radical (unpaired) electrons. The lowest BCUT2D eigenvalue weighted by Gasteiger charge is -2.30. The third-order valence-corrected chi connectivity index (χ3v) is 6.14. The molecular weight excluding hydrogens is 378 g/mol. The zero-order valence-electron chi connectivity index (χ0n) is 17.7. The van der Waals surface area contributed by atoms with Crippen molar-refractivity contribution < 1.29 is 23.2 Å². The minimum Gasteiger partial charge on any atom is -0.442 e. The summed E-state index contributed by atoms with van der Waals surface area (Å²) in [6, 6.07) is 7.84. The molecule has 0 aliphatic rings. The number of benzene rings is 1. The Labute approximate surface area is 169 Å². The molecule has 1 rings (SSSR count). The van der Waals surface area contributed by atoms with Crippen LogP contribution in [0.25, 0.3) is 0 Å². The molecule has 28 heavy (non-hydrogen) atoms. The zero-order valence-corrected chi connectivity index (χ0v) is 18.5. The van der Waals surface area contributed by atoms with E-state index in [1.165, 1.54) is 17.7 Å². The van der Waals surface area contributed by atoms with Gasteiger partial charge in [-0.2, -0.15) is 5.06 Å². The van der Waals surface area contributed by atoms with Gasteiger partial charge in [0.25, 0.3) is 0 Å². The number of carbonyl (C=O) groups excluding carboxylic acids is 1. The van der Waals surface area contributed by atoms with Gasteiger partial charge in [0.1, 0.15) is 5.60 Å². The number of allylic oxidation sites excluding steroid dienone is 2. The number of ether oxygens (including phenoxy) is 1. The molecule has 0 spiro atoms. The minimum atomic E-state index is -3.98. The quantitative estimate of drug-likeness (QED) is 0.362. The fraction of sp³-hybridized carbons (Fsp3) is 0.571. The number of rotatable bonds is 8. The fourth-order valence-corrected chi connectivity index (χ4v) is 4.45. The normalized spacial score (nSPS) is 14.1. The molecule has 1 aromatic rings. The van der Waals surface area contributed by atoms with E-state index in [1.54, 1.807) is 39.0 Å². The van der Waals surface area contributed by atoms with E-state index < -0.39 is 26.9 Å². The van der Waals surface area contributed by atoms with Gasteiger partial charge >= 0.3 is 6.09 Å². The Balaban J connectivity index is 3.13. The Bertz CT molecular complexity index is 762. The lowest BCUT2D eigenvalue weighted by atomic mass is 10.0. The summed E-state index contributed by atoms with van der Waals surface area (Å²) >= 11 is 0.